The monoisotopic (exact) mass is 389 g/mol. The number of carbonyl (C=O) groups is 1. The smallest absolute Gasteiger partial charge is 0.243 e. The number of likely N-dealkylation sites (N-methyl/N-ethyl adjacent to an activating group) is 1. The minimum Gasteiger partial charge on any atom is -0.347 e. The van der Waals surface area contributed by atoms with Crippen LogP contribution < -0.4 is 4.90 Å². The standard InChI is InChI=1S/C18H23N5O3S/c1-13(24)23-8-5-14-11-15(3-4-16(14)23)27(25,26)22-10-9-21(2)17(12-22)18-19-6-7-20-18/h3-4,6-7,11,17H,5,8-10,12H2,1-2H3,(H,19,20)/t17-/m0/s1. The number of hydrogen-bond donors (Lipinski definition) is 1. The molecule has 0 spiro atoms. The van der Waals surface area contributed by atoms with Crippen molar-refractivity contribution >= 4 is 21.6 Å². The number of nitrogens with one attached hydrogen (secondary N) is 1. The van der Waals surface area contributed by atoms with E-state index >= 15 is 0 Å². The van der Waals surface area contributed by atoms with E-state index in [-0.39, 0.29) is 16.8 Å². The number of benzene rings is 1. The predicted molar refractivity (Wildman–Crippen MR) is 101 cm³/mol. The second-order valence-corrected chi connectivity index (χ2v) is 8.98. The fraction of sp³-hybridized carbons (Fsp3) is 0.444. The summed E-state index contributed by atoms with van der Waals surface area (Å²) in [6.45, 7) is 3.55. The van der Waals surface area contributed by atoms with Crippen molar-refractivity contribution in [3.63, 3.8) is 0 Å². The Labute approximate surface area is 158 Å². The van der Waals surface area contributed by atoms with Crippen molar-refractivity contribution in [3.05, 3.63) is 42.0 Å². The van der Waals surface area contributed by atoms with Crippen LogP contribution in [-0.4, -0.2) is 66.7 Å². The fourth-order valence-corrected chi connectivity index (χ4v) is 5.33. The summed E-state index contributed by atoms with van der Waals surface area (Å²) in [5.41, 5.74) is 1.72. The Bertz CT molecular complexity index is 957. The molecule has 4 rings (SSSR count). The fourth-order valence-electron chi connectivity index (χ4n) is 3.84. The summed E-state index contributed by atoms with van der Waals surface area (Å²) in [4.78, 5) is 23.2. The number of anilines is 1. The molecular weight excluding hydrogens is 366 g/mol. The van der Waals surface area contributed by atoms with Crippen molar-refractivity contribution in [2.24, 2.45) is 0 Å². The molecule has 1 amide bonds. The summed E-state index contributed by atoms with van der Waals surface area (Å²) >= 11 is 0. The molecule has 27 heavy (non-hydrogen) atoms. The highest BCUT2D eigenvalue weighted by Crippen LogP contribution is 2.32. The molecule has 9 heteroatoms. The highest BCUT2D eigenvalue weighted by Gasteiger charge is 2.35. The average Bonchev–Trinajstić information content (AvgIpc) is 3.31. The molecule has 1 fully saturated rings. The van der Waals surface area contributed by atoms with Gasteiger partial charge >= 0.3 is 0 Å². The Morgan fingerprint density at radius 2 is 2.07 bits per heavy atom. The normalized spacial score (nSPS) is 21.4. The van der Waals surface area contributed by atoms with E-state index in [1.54, 1.807) is 35.5 Å². The lowest BCUT2D eigenvalue weighted by atomic mass is 10.2. The van der Waals surface area contributed by atoms with Crippen molar-refractivity contribution in [2.45, 2.75) is 24.3 Å². The summed E-state index contributed by atoms with van der Waals surface area (Å²) in [6.07, 6.45) is 4.10. The van der Waals surface area contributed by atoms with Gasteiger partial charge in [0.1, 0.15) is 5.82 Å². The zero-order chi connectivity index (χ0) is 19.2. The maximum absolute atomic E-state index is 13.2. The van der Waals surface area contributed by atoms with E-state index in [9.17, 15) is 13.2 Å². The number of rotatable bonds is 3. The van der Waals surface area contributed by atoms with Crippen molar-refractivity contribution in [3.8, 4) is 0 Å². The minimum absolute atomic E-state index is 0.0234. The first-order valence-corrected chi connectivity index (χ1v) is 10.4. The van der Waals surface area contributed by atoms with Crippen LogP contribution >= 0.6 is 0 Å². The van der Waals surface area contributed by atoms with Crippen molar-refractivity contribution in [1.82, 2.24) is 19.2 Å². The first kappa shape index (κ1) is 18.1. The van der Waals surface area contributed by atoms with E-state index in [2.05, 4.69) is 14.9 Å². The number of carbonyl (C=O) groups excluding carboxylic acids is 1. The second kappa shape index (κ2) is 6.74. The molecule has 2 aromatic rings. The van der Waals surface area contributed by atoms with Gasteiger partial charge in [-0.05, 0) is 37.2 Å². The van der Waals surface area contributed by atoms with Crippen LogP contribution in [0.5, 0.6) is 0 Å². The molecule has 1 aromatic heterocycles. The Kier molecular flexibility index (Phi) is 4.53. The van der Waals surface area contributed by atoms with E-state index in [0.717, 1.165) is 17.1 Å². The topological polar surface area (TPSA) is 89.6 Å². The molecule has 1 aromatic carbocycles. The molecular formula is C18H23N5O3S. The highest BCUT2D eigenvalue weighted by molar-refractivity contribution is 7.89. The van der Waals surface area contributed by atoms with Crippen molar-refractivity contribution in [1.29, 1.82) is 0 Å². The molecule has 2 aliphatic rings. The van der Waals surface area contributed by atoms with Crippen LogP contribution in [-0.2, 0) is 21.2 Å². The van der Waals surface area contributed by atoms with Crippen molar-refractivity contribution < 1.29 is 13.2 Å². The summed E-state index contributed by atoms with van der Waals surface area (Å²) in [6, 6.07) is 4.96. The molecule has 0 bridgehead atoms. The van der Waals surface area contributed by atoms with E-state index in [1.807, 2.05) is 7.05 Å². The van der Waals surface area contributed by atoms with Crippen LogP contribution in [0.2, 0.25) is 0 Å². The van der Waals surface area contributed by atoms with Gasteiger partial charge in [-0.2, -0.15) is 4.31 Å². The largest absolute Gasteiger partial charge is 0.347 e. The third-order valence-electron chi connectivity index (χ3n) is 5.41. The Balaban J connectivity index is 1.61. The minimum atomic E-state index is -3.61. The molecule has 0 radical (unpaired) electrons. The van der Waals surface area contributed by atoms with E-state index < -0.39 is 10.0 Å². The number of fused-ring (bicyclic) bond motifs is 1. The van der Waals surface area contributed by atoms with Crippen LogP contribution in [0, 0.1) is 0 Å². The van der Waals surface area contributed by atoms with Gasteiger partial charge in [0, 0.05) is 51.2 Å². The van der Waals surface area contributed by atoms with Gasteiger partial charge in [-0.15, -0.1) is 0 Å². The van der Waals surface area contributed by atoms with E-state index in [0.29, 0.717) is 32.6 Å². The molecule has 0 aliphatic carbocycles. The number of amides is 1. The van der Waals surface area contributed by atoms with Crippen LogP contribution in [0.25, 0.3) is 0 Å². The number of imidazole rings is 1. The lowest BCUT2D eigenvalue weighted by molar-refractivity contribution is -0.116. The number of nitrogens with zero attached hydrogens (tertiary/aromatic N) is 4. The van der Waals surface area contributed by atoms with Gasteiger partial charge < -0.3 is 9.88 Å². The Hall–Kier alpha value is -2.23. The SMILES string of the molecule is CC(=O)N1CCc2cc(S(=O)(=O)N3CCN(C)[C@H](c4ncc[nH]4)C3)ccc21. The lowest BCUT2D eigenvalue weighted by Crippen LogP contribution is -2.49. The zero-order valence-electron chi connectivity index (χ0n) is 15.4. The van der Waals surface area contributed by atoms with Crippen molar-refractivity contribution in [2.75, 3.05) is 38.1 Å². The van der Waals surface area contributed by atoms with Gasteiger partial charge in [0.15, 0.2) is 0 Å². The quantitative estimate of drug-likeness (QED) is 0.846. The van der Waals surface area contributed by atoms with Crippen LogP contribution in [0.3, 0.4) is 0 Å². The molecule has 8 nitrogen and oxygen atoms in total. The third-order valence-corrected chi connectivity index (χ3v) is 7.27. The molecule has 144 valence electrons. The summed E-state index contributed by atoms with van der Waals surface area (Å²) in [5.74, 6) is 0.744. The van der Waals surface area contributed by atoms with Gasteiger partial charge in [-0.25, -0.2) is 13.4 Å². The number of aromatic nitrogens is 2. The summed E-state index contributed by atoms with van der Waals surface area (Å²) in [7, 11) is -1.63. The number of sulfonamides is 1. The number of piperazine rings is 1. The van der Waals surface area contributed by atoms with Crippen LogP contribution in [0.4, 0.5) is 5.69 Å². The lowest BCUT2D eigenvalue weighted by Gasteiger charge is -2.37. The highest BCUT2D eigenvalue weighted by atomic mass is 32.2. The maximum atomic E-state index is 13.2. The first-order chi connectivity index (χ1) is 12.9. The third kappa shape index (κ3) is 3.15. The predicted octanol–water partition coefficient (Wildman–Crippen LogP) is 0.996. The van der Waals surface area contributed by atoms with Crippen LogP contribution in [0.15, 0.2) is 35.5 Å². The van der Waals surface area contributed by atoms with E-state index in [4.69, 9.17) is 0 Å². The summed E-state index contributed by atoms with van der Waals surface area (Å²) < 4.78 is 28.0. The van der Waals surface area contributed by atoms with E-state index in [1.165, 1.54) is 11.2 Å². The van der Waals surface area contributed by atoms with Gasteiger partial charge in [0.25, 0.3) is 0 Å². The average molecular weight is 389 g/mol. The second-order valence-electron chi connectivity index (χ2n) is 7.05. The maximum Gasteiger partial charge on any atom is 0.243 e. The van der Waals surface area contributed by atoms with Gasteiger partial charge in [0.05, 0.1) is 10.9 Å². The number of aromatic amines is 1. The number of H-pyrrole nitrogens is 1. The molecule has 3 heterocycles. The molecule has 0 unspecified atom stereocenters. The van der Waals surface area contributed by atoms with Crippen LogP contribution in [0.1, 0.15) is 24.4 Å². The van der Waals surface area contributed by atoms with Gasteiger partial charge in [0.2, 0.25) is 15.9 Å². The molecule has 1 saturated heterocycles. The molecule has 2 aliphatic heterocycles. The zero-order valence-corrected chi connectivity index (χ0v) is 16.2. The Morgan fingerprint density at radius 1 is 1.26 bits per heavy atom. The number of hydrogen-bond acceptors (Lipinski definition) is 5. The molecule has 0 saturated carbocycles. The van der Waals surface area contributed by atoms with Gasteiger partial charge in [-0.3, -0.25) is 9.69 Å². The molecule has 1 N–H and O–H groups in total. The Morgan fingerprint density at radius 3 is 2.78 bits per heavy atom. The molecule has 1 atom stereocenters. The first-order valence-electron chi connectivity index (χ1n) is 8.98. The van der Waals surface area contributed by atoms with Gasteiger partial charge in [-0.1, -0.05) is 0 Å². The summed E-state index contributed by atoms with van der Waals surface area (Å²) in [5, 5.41) is 0.